The third kappa shape index (κ3) is 3.53. The second-order valence-electron chi connectivity index (χ2n) is 5.42. The highest BCUT2D eigenvalue weighted by molar-refractivity contribution is 5.73. The molecule has 0 radical (unpaired) electrons. The number of halogens is 1. The maximum absolute atomic E-state index is 12.9. The molecule has 1 aromatic carbocycles. The second kappa shape index (κ2) is 5.48. The number of benzene rings is 1. The van der Waals surface area contributed by atoms with E-state index >= 15 is 0 Å². The molecule has 4 heteroatoms. The average molecular weight is 253 g/mol. The molecule has 0 bridgehead atoms. The van der Waals surface area contributed by atoms with E-state index < -0.39 is 11.4 Å². The van der Waals surface area contributed by atoms with Gasteiger partial charge >= 0.3 is 5.97 Å². The molecule has 1 unspecified atom stereocenters. The van der Waals surface area contributed by atoms with E-state index in [0.717, 1.165) is 5.56 Å². The Morgan fingerprint density at radius 2 is 1.83 bits per heavy atom. The van der Waals surface area contributed by atoms with Crippen LogP contribution in [0.2, 0.25) is 0 Å². The zero-order valence-corrected chi connectivity index (χ0v) is 11.3. The molecule has 0 saturated heterocycles. The summed E-state index contributed by atoms with van der Waals surface area (Å²) in [5, 5.41) is 9.18. The van der Waals surface area contributed by atoms with Gasteiger partial charge in [0, 0.05) is 6.04 Å². The summed E-state index contributed by atoms with van der Waals surface area (Å²) in [4.78, 5) is 13.1. The summed E-state index contributed by atoms with van der Waals surface area (Å²) in [6.07, 6.45) is 0.473. The van der Waals surface area contributed by atoms with Crippen LogP contribution in [0.25, 0.3) is 0 Å². The Kier molecular flexibility index (Phi) is 4.46. The number of hydrogen-bond acceptors (Lipinski definition) is 2. The Morgan fingerprint density at radius 1 is 1.33 bits per heavy atom. The van der Waals surface area contributed by atoms with Gasteiger partial charge in [-0.25, -0.2) is 4.39 Å². The van der Waals surface area contributed by atoms with Crippen LogP contribution < -0.4 is 0 Å². The van der Waals surface area contributed by atoms with Crippen LogP contribution in [0.3, 0.4) is 0 Å². The summed E-state index contributed by atoms with van der Waals surface area (Å²) in [5.74, 6) is -1.11. The molecule has 0 aliphatic rings. The molecule has 0 spiro atoms. The highest BCUT2D eigenvalue weighted by atomic mass is 19.1. The van der Waals surface area contributed by atoms with Gasteiger partial charge in [0.1, 0.15) is 5.82 Å². The van der Waals surface area contributed by atoms with Gasteiger partial charge in [-0.3, -0.25) is 4.79 Å². The second-order valence-corrected chi connectivity index (χ2v) is 5.42. The van der Waals surface area contributed by atoms with Crippen LogP contribution in [0.15, 0.2) is 24.3 Å². The molecule has 0 aliphatic carbocycles. The van der Waals surface area contributed by atoms with E-state index in [9.17, 15) is 14.3 Å². The van der Waals surface area contributed by atoms with E-state index in [1.807, 2.05) is 19.0 Å². The fraction of sp³-hybridized carbons (Fsp3) is 0.500. The Labute approximate surface area is 107 Å². The molecule has 0 saturated carbocycles. The van der Waals surface area contributed by atoms with Crippen LogP contribution in [0.1, 0.15) is 31.9 Å². The van der Waals surface area contributed by atoms with Crippen molar-refractivity contribution in [3.05, 3.63) is 35.6 Å². The number of hydrogen-bond donors (Lipinski definition) is 1. The molecule has 0 aliphatic heterocycles. The molecule has 0 fully saturated rings. The maximum Gasteiger partial charge on any atom is 0.309 e. The van der Waals surface area contributed by atoms with E-state index in [4.69, 9.17) is 0 Å². The number of carboxylic acid groups (broad SMARTS) is 1. The summed E-state index contributed by atoms with van der Waals surface area (Å²) in [6, 6.07) is 6.17. The van der Waals surface area contributed by atoms with Crippen molar-refractivity contribution in [1.29, 1.82) is 0 Å². The molecule has 1 N–H and O–H groups in total. The summed E-state index contributed by atoms with van der Waals surface area (Å²) < 4.78 is 12.9. The highest BCUT2D eigenvalue weighted by Crippen LogP contribution is 2.33. The van der Waals surface area contributed by atoms with Crippen molar-refractivity contribution in [2.75, 3.05) is 14.1 Å². The van der Waals surface area contributed by atoms with Gasteiger partial charge in [0.25, 0.3) is 0 Å². The van der Waals surface area contributed by atoms with Gasteiger partial charge < -0.3 is 10.0 Å². The first-order valence-corrected chi connectivity index (χ1v) is 5.89. The summed E-state index contributed by atoms with van der Waals surface area (Å²) in [6.45, 7) is 3.41. The lowest BCUT2D eigenvalue weighted by Gasteiger charge is -2.31. The molecule has 3 nitrogen and oxygen atoms in total. The number of rotatable bonds is 5. The Balaban J connectivity index is 2.97. The monoisotopic (exact) mass is 253 g/mol. The standard InChI is InChI=1S/C14H20FNO2/c1-14(2,13(17)18)9-12(16(3)4)10-5-7-11(15)8-6-10/h5-8,12H,9H2,1-4H3,(H,17,18). The van der Waals surface area contributed by atoms with Crippen LogP contribution in [-0.2, 0) is 4.79 Å². The van der Waals surface area contributed by atoms with Crippen molar-refractivity contribution in [2.45, 2.75) is 26.3 Å². The lowest BCUT2D eigenvalue weighted by Crippen LogP contribution is -2.31. The first-order valence-electron chi connectivity index (χ1n) is 5.89. The van der Waals surface area contributed by atoms with E-state index in [1.54, 1.807) is 26.0 Å². The highest BCUT2D eigenvalue weighted by Gasteiger charge is 2.32. The van der Waals surface area contributed by atoms with Gasteiger partial charge in [0.2, 0.25) is 0 Å². The van der Waals surface area contributed by atoms with Crippen LogP contribution >= 0.6 is 0 Å². The van der Waals surface area contributed by atoms with Crippen molar-refractivity contribution in [1.82, 2.24) is 4.90 Å². The van der Waals surface area contributed by atoms with Crippen LogP contribution in [0.5, 0.6) is 0 Å². The lowest BCUT2D eigenvalue weighted by molar-refractivity contribution is -0.148. The van der Waals surface area contributed by atoms with Crippen molar-refractivity contribution in [2.24, 2.45) is 5.41 Å². The largest absolute Gasteiger partial charge is 0.481 e. The van der Waals surface area contributed by atoms with Gasteiger partial charge in [-0.1, -0.05) is 12.1 Å². The first-order chi connectivity index (χ1) is 8.24. The number of carboxylic acids is 1. The van der Waals surface area contributed by atoms with Crippen molar-refractivity contribution < 1.29 is 14.3 Å². The fourth-order valence-corrected chi connectivity index (χ4v) is 1.85. The van der Waals surface area contributed by atoms with E-state index in [2.05, 4.69) is 0 Å². The van der Waals surface area contributed by atoms with Gasteiger partial charge in [0.05, 0.1) is 5.41 Å². The molecule has 1 aromatic rings. The SMILES string of the molecule is CN(C)C(CC(C)(C)C(=O)O)c1ccc(F)cc1. The minimum atomic E-state index is -0.823. The van der Waals surface area contributed by atoms with Gasteiger partial charge in [-0.2, -0.15) is 0 Å². The lowest BCUT2D eigenvalue weighted by atomic mass is 9.83. The molecule has 18 heavy (non-hydrogen) atoms. The smallest absolute Gasteiger partial charge is 0.309 e. The Morgan fingerprint density at radius 3 is 2.22 bits per heavy atom. The van der Waals surface area contributed by atoms with E-state index in [1.165, 1.54) is 12.1 Å². The van der Waals surface area contributed by atoms with Crippen molar-refractivity contribution in [3.8, 4) is 0 Å². The third-order valence-electron chi connectivity index (χ3n) is 3.16. The summed E-state index contributed by atoms with van der Waals surface area (Å²) in [7, 11) is 3.79. The minimum Gasteiger partial charge on any atom is -0.481 e. The van der Waals surface area contributed by atoms with Crippen LogP contribution in [0.4, 0.5) is 4.39 Å². The van der Waals surface area contributed by atoms with E-state index in [0.29, 0.717) is 6.42 Å². The third-order valence-corrected chi connectivity index (χ3v) is 3.16. The van der Waals surface area contributed by atoms with Crippen LogP contribution in [-0.4, -0.2) is 30.1 Å². The molecule has 1 rings (SSSR count). The van der Waals surface area contributed by atoms with Gasteiger partial charge in [0.15, 0.2) is 0 Å². The number of carbonyl (C=O) groups is 1. The van der Waals surface area contributed by atoms with Gasteiger partial charge in [-0.15, -0.1) is 0 Å². The topological polar surface area (TPSA) is 40.5 Å². The molecule has 1 atom stereocenters. The minimum absolute atomic E-state index is 0.0447. The average Bonchev–Trinajstić information content (AvgIpc) is 2.27. The molecular formula is C14H20FNO2. The molecule has 0 heterocycles. The first kappa shape index (κ1) is 14.6. The molecule has 100 valence electrons. The Hall–Kier alpha value is -1.42. The zero-order chi connectivity index (χ0) is 13.9. The number of aliphatic carboxylic acids is 1. The summed E-state index contributed by atoms with van der Waals surface area (Å²) in [5.41, 5.74) is 0.110. The Bertz CT molecular complexity index is 412. The van der Waals surface area contributed by atoms with Crippen molar-refractivity contribution in [3.63, 3.8) is 0 Å². The van der Waals surface area contributed by atoms with Crippen molar-refractivity contribution >= 4 is 5.97 Å². The molecule has 0 aromatic heterocycles. The zero-order valence-electron chi connectivity index (χ0n) is 11.3. The van der Waals surface area contributed by atoms with E-state index in [-0.39, 0.29) is 11.9 Å². The van der Waals surface area contributed by atoms with Gasteiger partial charge in [-0.05, 0) is 52.1 Å². The maximum atomic E-state index is 12.9. The molecule has 0 amide bonds. The normalized spacial score (nSPS) is 13.7. The predicted molar refractivity (Wildman–Crippen MR) is 68.9 cm³/mol. The van der Waals surface area contributed by atoms with Crippen LogP contribution in [0, 0.1) is 11.2 Å². The predicted octanol–water partition coefficient (Wildman–Crippen LogP) is 2.93. The summed E-state index contributed by atoms with van der Waals surface area (Å²) >= 11 is 0. The number of nitrogens with zero attached hydrogens (tertiary/aromatic N) is 1. The quantitative estimate of drug-likeness (QED) is 0.877. The fourth-order valence-electron chi connectivity index (χ4n) is 1.85. The molecular weight excluding hydrogens is 233 g/mol.